The maximum atomic E-state index is 13.3. The number of benzene rings is 1. The highest BCUT2D eigenvalue weighted by Gasteiger charge is 2.45. The lowest BCUT2D eigenvalue weighted by molar-refractivity contribution is -0.140. The van der Waals surface area contributed by atoms with Gasteiger partial charge < -0.3 is 15.5 Å². The SMILES string of the molecule is CN1C[C@H](c2ccccc2)[C@H]2CN(C(=O)[C@H]3CCCN(CC(N)=O)C3)CC[C@H]21. The first-order valence-corrected chi connectivity index (χ1v) is 10.6. The minimum atomic E-state index is -0.311. The van der Waals surface area contributed by atoms with Gasteiger partial charge >= 0.3 is 0 Å². The Balaban J connectivity index is 1.44. The van der Waals surface area contributed by atoms with Gasteiger partial charge in [0.1, 0.15) is 0 Å². The van der Waals surface area contributed by atoms with E-state index in [2.05, 4.69) is 47.2 Å². The highest BCUT2D eigenvalue weighted by Crippen LogP contribution is 2.41. The van der Waals surface area contributed by atoms with Crippen molar-refractivity contribution < 1.29 is 9.59 Å². The average Bonchev–Trinajstić information content (AvgIpc) is 3.04. The van der Waals surface area contributed by atoms with Crippen molar-refractivity contribution in [3.63, 3.8) is 0 Å². The van der Waals surface area contributed by atoms with Crippen molar-refractivity contribution in [2.45, 2.75) is 31.2 Å². The first kappa shape index (κ1) is 19.4. The summed E-state index contributed by atoms with van der Waals surface area (Å²) in [5, 5.41) is 0. The number of fused-ring (bicyclic) bond motifs is 1. The Kier molecular flexibility index (Phi) is 5.69. The predicted molar refractivity (Wildman–Crippen MR) is 109 cm³/mol. The summed E-state index contributed by atoms with van der Waals surface area (Å²) in [5.41, 5.74) is 6.74. The second kappa shape index (κ2) is 8.21. The first-order valence-electron chi connectivity index (χ1n) is 10.6. The highest BCUT2D eigenvalue weighted by atomic mass is 16.2. The van der Waals surface area contributed by atoms with Crippen molar-refractivity contribution in [1.82, 2.24) is 14.7 Å². The van der Waals surface area contributed by atoms with Crippen LogP contribution in [-0.2, 0) is 9.59 Å². The second-order valence-electron chi connectivity index (χ2n) is 8.80. The minimum Gasteiger partial charge on any atom is -0.369 e. The number of rotatable bonds is 4. The maximum Gasteiger partial charge on any atom is 0.231 e. The third kappa shape index (κ3) is 3.94. The van der Waals surface area contributed by atoms with Crippen LogP contribution in [0.1, 0.15) is 30.7 Å². The van der Waals surface area contributed by atoms with Crippen molar-refractivity contribution >= 4 is 11.8 Å². The van der Waals surface area contributed by atoms with Crippen LogP contribution in [0.5, 0.6) is 0 Å². The van der Waals surface area contributed by atoms with Crippen LogP contribution >= 0.6 is 0 Å². The Morgan fingerprint density at radius 3 is 2.61 bits per heavy atom. The number of piperidine rings is 2. The van der Waals surface area contributed by atoms with Gasteiger partial charge in [0.05, 0.1) is 12.5 Å². The molecule has 4 rings (SSSR count). The summed E-state index contributed by atoms with van der Waals surface area (Å²) in [5.74, 6) is 0.946. The number of hydrogen-bond acceptors (Lipinski definition) is 4. The fourth-order valence-corrected chi connectivity index (χ4v) is 5.63. The highest BCUT2D eigenvalue weighted by molar-refractivity contribution is 5.80. The molecule has 2 amide bonds. The van der Waals surface area contributed by atoms with Gasteiger partial charge in [0.2, 0.25) is 11.8 Å². The third-order valence-electron chi connectivity index (χ3n) is 6.96. The van der Waals surface area contributed by atoms with Gasteiger partial charge in [-0.3, -0.25) is 14.5 Å². The van der Waals surface area contributed by atoms with Crippen LogP contribution in [-0.4, -0.2) is 78.9 Å². The van der Waals surface area contributed by atoms with Crippen LogP contribution in [0, 0.1) is 11.8 Å². The quantitative estimate of drug-likeness (QED) is 0.845. The number of amides is 2. The Hall–Kier alpha value is -1.92. The zero-order valence-electron chi connectivity index (χ0n) is 16.8. The second-order valence-corrected chi connectivity index (χ2v) is 8.80. The summed E-state index contributed by atoms with van der Waals surface area (Å²) >= 11 is 0. The van der Waals surface area contributed by atoms with E-state index < -0.39 is 0 Å². The summed E-state index contributed by atoms with van der Waals surface area (Å²) < 4.78 is 0. The third-order valence-corrected chi connectivity index (χ3v) is 6.96. The average molecular weight is 385 g/mol. The van der Waals surface area contributed by atoms with Gasteiger partial charge in [-0.1, -0.05) is 30.3 Å². The number of nitrogens with zero attached hydrogens (tertiary/aromatic N) is 3. The van der Waals surface area contributed by atoms with Gasteiger partial charge in [0.15, 0.2) is 0 Å². The number of carbonyl (C=O) groups excluding carboxylic acids is 2. The lowest BCUT2D eigenvalue weighted by atomic mass is 9.81. The first-order chi connectivity index (χ1) is 13.5. The monoisotopic (exact) mass is 384 g/mol. The number of likely N-dealkylation sites (tertiary alicyclic amines) is 3. The predicted octanol–water partition coefficient (Wildman–Crippen LogP) is 1.13. The zero-order chi connectivity index (χ0) is 19.7. The van der Waals surface area contributed by atoms with Gasteiger partial charge in [0.25, 0.3) is 0 Å². The smallest absolute Gasteiger partial charge is 0.231 e. The Morgan fingerprint density at radius 1 is 1.07 bits per heavy atom. The molecule has 0 unspecified atom stereocenters. The summed E-state index contributed by atoms with van der Waals surface area (Å²) in [6.45, 7) is 4.54. The lowest BCUT2D eigenvalue weighted by Crippen LogP contribution is -2.52. The van der Waals surface area contributed by atoms with Crippen LogP contribution in [0.3, 0.4) is 0 Å². The van der Waals surface area contributed by atoms with Gasteiger partial charge in [-0.2, -0.15) is 0 Å². The van der Waals surface area contributed by atoms with Gasteiger partial charge in [-0.25, -0.2) is 0 Å². The molecule has 3 fully saturated rings. The van der Waals surface area contributed by atoms with Crippen molar-refractivity contribution in [1.29, 1.82) is 0 Å². The molecule has 0 aliphatic carbocycles. The molecule has 0 radical (unpaired) electrons. The molecule has 6 heteroatoms. The standard InChI is InChI=1S/C22H32N4O2/c1-24-13-18(16-6-3-2-4-7-16)19-14-26(11-9-20(19)24)22(28)17-8-5-10-25(12-17)15-21(23)27/h2-4,6-7,17-20H,5,8-15H2,1H3,(H2,23,27)/t17-,18+,19+,20+/m0/s1. The summed E-state index contributed by atoms with van der Waals surface area (Å²) in [7, 11) is 2.22. The lowest BCUT2D eigenvalue weighted by Gasteiger charge is -2.41. The van der Waals surface area contributed by atoms with Crippen molar-refractivity contribution in [2.24, 2.45) is 17.6 Å². The van der Waals surface area contributed by atoms with E-state index in [1.165, 1.54) is 5.56 Å². The van der Waals surface area contributed by atoms with E-state index in [0.717, 1.165) is 45.4 Å². The van der Waals surface area contributed by atoms with Gasteiger partial charge in [-0.05, 0) is 38.4 Å². The van der Waals surface area contributed by atoms with Crippen LogP contribution in [0.4, 0.5) is 0 Å². The van der Waals surface area contributed by atoms with E-state index in [4.69, 9.17) is 5.73 Å². The molecule has 1 aromatic rings. The number of primary amides is 1. The topological polar surface area (TPSA) is 69.9 Å². The molecule has 3 heterocycles. The number of carbonyl (C=O) groups is 2. The molecule has 28 heavy (non-hydrogen) atoms. The number of hydrogen-bond donors (Lipinski definition) is 1. The normalized spacial score (nSPS) is 31.5. The number of nitrogens with two attached hydrogens (primary N) is 1. The molecule has 2 N–H and O–H groups in total. The Labute approximate surface area is 167 Å². The van der Waals surface area contributed by atoms with Crippen LogP contribution < -0.4 is 5.73 Å². The van der Waals surface area contributed by atoms with Crippen molar-refractivity contribution in [3.8, 4) is 0 Å². The zero-order valence-corrected chi connectivity index (χ0v) is 16.8. The van der Waals surface area contributed by atoms with Gasteiger partial charge in [-0.15, -0.1) is 0 Å². The van der Waals surface area contributed by atoms with E-state index >= 15 is 0 Å². The van der Waals surface area contributed by atoms with E-state index in [0.29, 0.717) is 24.4 Å². The fourth-order valence-electron chi connectivity index (χ4n) is 5.63. The largest absolute Gasteiger partial charge is 0.369 e. The maximum absolute atomic E-state index is 13.3. The fraction of sp³-hybridized carbons (Fsp3) is 0.636. The van der Waals surface area contributed by atoms with Gasteiger partial charge in [0, 0.05) is 44.1 Å². The molecule has 0 bridgehead atoms. The van der Waals surface area contributed by atoms with E-state index in [-0.39, 0.29) is 24.3 Å². The molecule has 6 nitrogen and oxygen atoms in total. The molecular formula is C22H32N4O2. The summed E-state index contributed by atoms with van der Waals surface area (Å²) in [6.07, 6.45) is 2.92. The molecule has 152 valence electrons. The molecule has 4 atom stereocenters. The minimum absolute atomic E-state index is 0.000965. The molecule has 1 aromatic carbocycles. The molecule has 3 aliphatic rings. The summed E-state index contributed by atoms with van der Waals surface area (Å²) in [4.78, 5) is 31.2. The van der Waals surface area contributed by atoms with E-state index in [1.807, 2.05) is 4.90 Å². The van der Waals surface area contributed by atoms with E-state index in [9.17, 15) is 9.59 Å². The van der Waals surface area contributed by atoms with E-state index in [1.54, 1.807) is 0 Å². The molecule has 3 saturated heterocycles. The molecular weight excluding hydrogens is 352 g/mol. The molecule has 0 spiro atoms. The van der Waals surface area contributed by atoms with Crippen molar-refractivity contribution in [3.05, 3.63) is 35.9 Å². The van der Waals surface area contributed by atoms with Crippen LogP contribution in [0.2, 0.25) is 0 Å². The Bertz CT molecular complexity index is 710. The Morgan fingerprint density at radius 2 is 1.86 bits per heavy atom. The van der Waals surface area contributed by atoms with Crippen LogP contribution in [0.25, 0.3) is 0 Å². The number of likely N-dealkylation sites (N-methyl/N-ethyl adjacent to an activating group) is 1. The van der Waals surface area contributed by atoms with Crippen molar-refractivity contribution in [2.75, 3.05) is 46.3 Å². The molecule has 0 saturated carbocycles. The van der Waals surface area contributed by atoms with Crippen LogP contribution in [0.15, 0.2) is 30.3 Å². The molecule has 3 aliphatic heterocycles. The summed E-state index contributed by atoms with van der Waals surface area (Å²) in [6, 6.07) is 11.3. The molecule has 0 aromatic heterocycles.